The molecule has 9 nitrogen and oxygen atoms in total. The number of hydrogen-bond donors (Lipinski definition) is 4. The van der Waals surface area contributed by atoms with Crippen molar-refractivity contribution in [3.05, 3.63) is 33.8 Å². The number of hydrogen-bond acceptors (Lipinski definition) is 6. The number of primary amides is 1. The SMILES string of the molecule is CN1CCN(C2(CNC(N)=O)CCCCC2)CC1.NCCC(=O)NC(C=O)Cc1ccc(Cl)cc1Cl. The molecule has 202 valence electrons. The number of rotatable bonds is 9. The van der Waals surface area contributed by atoms with Gasteiger partial charge in [-0.1, -0.05) is 48.5 Å². The molecule has 1 saturated heterocycles. The van der Waals surface area contributed by atoms with Crippen LogP contribution in [0.25, 0.3) is 0 Å². The molecule has 0 bridgehead atoms. The Kier molecular flexibility index (Phi) is 12.9. The Hall–Kier alpha value is -1.91. The summed E-state index contributed by atoms with van der Waals surface area (Å²) in [6.07, 6.45) is 7.45. The third kappa shape index (κ3) is 9.86. The van der Waals surface area contributed by atoms with E-state index >= 15 is 0 Å². The number of amides is 3. The molecule has 1 atom stereocenters. The number of likely N-dealkylation sites (N-methyl/N-ethyl adjacent to an activating group) is 1. The summed E-state index contributed by atoms with van der Waals surface area (Å²) in [5.41, 5.74) is 11.4. The summed E-state index contributed by atoms with van der Waals surface area (Å²) in [7, 11) is 2.17. The first-order valence-electron chi connectivity index (χ1n) is 12.5. The van der Waals surface area contributed by atoms with Crippen LogP contribution in [0, 0.1) is 0 Å². The Bertz CT molecular complexity index is 858. The number of benzene rings is 1. The molecule has 6 N–H and O–H groups in total. The van der Waals surface area contributed by atoms with Gasteiger partial charge in [-0.25, -0.2) is 4.79 Å². The van der Waals surface area contributed by atoms with Crippen LogP contribution in [0.2, 0.25) is 10.0 Å². The molecule has 0 spiro atoms. The molecule has 1 unspecified atom stereocenters. The maximum Gasteiger partial charge on any atom is 0.312 e. The molecule has 3 amide bonds. The van der Waals surface area contributed by atoms with Crippen LogP contribution in [0.5, 0.6) is 0 Å². The van der Waals surface area contributed by atoms with Crippen LogP contribution in [0.3, 0.4) is 0 Å². The first-order chi connectivity index (χ1) is 17.2. The maximum absolute atomic E-state index is 11.3. The monoisotopic (exact) mass is 542 g/mol. The first-order valence-corrected chi connectivity index (χ1v) is 13.3. The first kappa shape index (κ1) is 30.3. The average Bonchev–Trinajstić information content (AvgIpc) is 2.85. The lowest BCUT2D eigenvalue weighted by Gasteiger charge is -2.49. The highest BCUT2D eigenvalue weighted by Crippen LogP contribution is 2.34. The normalized spacial score (nSPS) is 18.9. The van der Waals surface area contributed by atoms with Crippen LogP contribution in [0.1, 0.15) is 44.1 Å². The zero-order valence-electron chi connectivity index (χ0n) is 21.1. The van der Waals surface area contributed by atoms with Gasteiger partial charge < -0.3 is 31.8 Å². The fourth-order valence-corrected chi connectivity index (χ4v) is 5.30. The summed E-state index contributed by atoms with van der Waals surface area (Å²) in [6, 6.07) is 4.02. The summed E-state index contributed by atoms with van der Waals surface area (Å²) in [4.78, 5) is 38.2. The quantitative estimate of drug-likeness (QED) is 0.353. The van der Waals surface area contributed by atoms with Gasteiger partial charge in [-0.2, -0.15) is 0 Å². The number of halogens is 2. The van der Waals surface area contributed by atoms with E-state index in [0.29, 0.717) is 29.3 Å². The number of nitrogens with two attached hydrogens (primary N) is 2. The number of carbonyl (C=O) groups excluding carboxylic acids is 3. The predicted octanol–water partition coefficient (Wildman–Crippen LogP) is 2.17. The fourth-order valence-electron chi connectivity index (χ4n) is 4.81. The number of carbonyl (C=O) groups is 3. The van der Waals surface area contributed by atoms with E-state index in [9.17, 15) is 14.4 Å². The summed E-state index contributed by atoms with van der Waals surface area (Å²) in [5.74, 6) is -0.250. The molecule has 0 radical (unpaired) electrons. The Morgan fingerprint density at radius 3 is 2.36 bits per heavy atom. The second kappa shape index (κ2) is 15.4. The van der Waals surface area contributed by atoms with E-state index < -0.39 is 12.1 Å². The molecule has 2 aliphatic rings. The molecule has 1 saturated carbocycles. The lowest BCUT2D eigenvalue weighted by Crippen LogP contribution is -2.61. The van der Waals surface area contributed by atoms with Crippen LogP contribution in [-0.4, -0.2) is 85.9 Å². The van der Waals surface area contributed by atoms with E-state index in [0.717, 1.165) is 31.7 Å². The van der Waals surface area contributed by atoms with Crippen molar-refractivity contribution < 1.29 is 14.4 Å². The number of piperazine rings is 1. The van der Waals surface area contributed by atoms with Crippen molar-refractivity contribution in [2.24, 2.45) is 11.5 Å². The van der Waals surface area contributed by atoms with Gasteiger partial charge in [-0.15, -0.1) is 0 Å². The topological polar surface area (TPSA) is 134 Å². The molecule has 1 aromatic rings. The van der Waals surface area contributed by atoms with E-state index in [1.807, 2.05) is 0 Å². The highest BCUT2D eigenvalue weighted by Gasteiger charge is 2.39. The van der Waals surface area contributed by atoms with Gasteiger partial charge in [0, 0.05) is 67.7 Å². The second-order valence-electron chi connectivity index (χ2n) is 9.58. The molecule has 1 aromatic carbocycles. The van der Waals surface area contributed by atoms with Gasteiger partial charge in [-0.3, -0.25) is 9.69 Å². The minimum Gasteiger partial charge on any atom is -0.352 e. The lowest BCUT2D eigenvalue weighted by molar-refractivity contribution is -0.123. The maximum atomic E-state index is 11.3. The Morgan fingerprint density at radius 1 is 1.14 bits per heavy atom. The third-order valence-corrected chi connectivity index (χ3v) is 7.47. The molecule has 1 aliphatic heterocycles. The summed E-state index contributed by atoms with van der Waals surface area (Å²) >= 11 is 11.8. The Balaban J connectivity index is 0.000000254. The zero-order chi connectivity index (χ0) is 26.6. The third-order valence-electron chi connectivity index (χ3n) is 6.89. The molecule has 36 heavy (non-hydrogen) atoms. The highest BCUT2D eigenvalue weighted by atomic mass is 35.5. The number of nitrogens with one attached hydrogen (secondary N) is 2. The van der Waals surface area contributed by atoms with Crippen molar-refractivity contribution in [1.82, 2.24) is 20.4 Å². The minimum atomic E-state index is -0.609. The average molecular weight is 544 g/mol. The van der Waals surface area contributed by atoms with Gasteiger partial charge in [0.05, 0.1) is 6.04 Å². The van der Waals surface area contributed by atoms with Gasteiger partial charge in [0.15, 0.2) is 0 Å². The van der Waals surface area contributed by atoms with Gasteiger partial charge in [0.2, 0.25) is 5.91 Å². The highest BCUT2D eigenvalue weighted by molar-refractivity contribution is 6.35. The summed E-state index contributed by atoms with van der Waals surface area (Å²) in [6.45, 7) is 5.43. The van der Waals surface area contributed by atoms with Crippen molar-refractivity contribution in [2.45, 2.75) is 56.5 Å². The fraction of sp³-hybridized carbons (Fsp3) is 0.640. The van der Waals surface area contributed by atoms with Crippen molar-refractivity contribution in [3.8, 4) is 0 Å². The van der Waals surface area contributed by atoms with Crippen LogP contribution in [0.15, 0.2) is 18.2 Å². The van der Waals surface area contributed by atoms with E-state index in [4.69, 9.17) is 34.7 Å². The molecule has 1 heterocycles. The predicted molar refractivity (Wildman–Crippen MR) is 144 cm³/mol. The Morgan fingerprint density at radius 2 is 1.81 bits per heavy atom. The molecular weight excluding hydrogens is 503 g/mol. The number of aldehydes is 1. The van der Waals surface area contributed by atoms with E-state index in [2.05, 4.69) is 27.5 Å². The zero-order valence-corrected chi connectivity index (χ0v) is 22.6. The lowest BCUT2D eigenvalue weighted by atomic mass is 9.79. The van der Waals surface area contributed by atoms with Crippen molar-refractivity contribution in [2.75, 3.05) is 46.3 Å². The number of nitrogens with zero attached hydrogens (tertiary/aromatic N) is 2. The number of urea groups is 1. The second-order valence-corrected chi connectivity index (χ2v) is 10.4. The van der Waals surface area contributed by atoms with E-state index in [1.165, 1.54) is 32.1 Å². The molecular formula is C25H40Cl2N6O3. The van der Waals surface area contributed by atoms with E-state index in [1.54, 1.807) is 18.2 Å². The van der Waals surface area contributed by atoms with Gasteiger partial charge in [0.25, 0.3) is 0 Å². The van der Waals surface area contributed by atoms with Crippen LogP contribution in [-0.2, 0) is 16.0 Å². The van der Waals surface area contributed by atoms with Gasteiger partial charge >= 0.3 is 6.03 Å². The molecule has 3 rings (SSSR count). The molecule has 2 fully saturated rings. The smallest absolute Gasteiger partial charge is 0.312 e. The largest absolute Gasteiger partial charge is 0.352 e. The molecule has 11 heteroatoms. The molecule has 1 aliphatic carbocycles. The van der Waals surface area contributed by atoms with Gasteiger partial charge in [-0.05, 0) is 37.6 Å². The van der Waals surface area contributed by atoms with E-state index in [-0.39, 0.29) is 24.4 Å². The Labute approximate surface area is 224 Å². The minimum absolute atomic E-state index is 0.161. The van der Waals surface area contributed by atoms with Crippen LogP contribution >= 0.6 is 23.2 Å². The summed E-state index contributed by atoms with van der Waals surface area (Å²) in [5, 5.41) is 6.43. The molecule has 0 aromatic heterocycles. The van der Waals surface area contributed by atoms with Gasteiger partial charge in [0.1, 0.15) is 6.29 Å². The standard InChI is InChI=1S/C13H26N4O.C12H14Cl2N2O2/c1-16-7-9-17(10-8-16)13(11-15-12(14)18)5-3-2-4-6-13;13-9-2-1-8(11(14)6-9)5-10(7-17)16-12(18)3-4-15/h2-11H2,1H3,(H3,14,15,18);1-2,6-7,10H,3-5,15H2,(H,16,18). The van der Waals surface area contributed by atoms with Crippen LogP contribution < -0.4 is 22.1 Å². The van der Waals surface area contributed by atoms with Crippen molar-refractivity contribution in [3.63, 3.8) is 0 Å². The van der Waals surface area contributed by atoms with Crippen LogP contribution in [0.4, 0.5) is 4.79 Å². The van der Waals surface area contributed by atoms with Crippen molar-refractivity contribution >= 4 is 41.4 Å². The van der Waals surface area contributed by atoms with Crippen molar-refractivity contribution in [1.29, 1.82) is 0 Å². The summed E-state index contributed by atoms with van der Waals surface area (Å²) < 4.78 is 0.